The van der Waals surface area contributed by atoms with Crippen molar-refractivity contribution >= 4 is 18.0 Å². The van der Waals surface area contributed by atoms with Gasteiger partial charge in [-0.1, -0.05) is 0 Å². The molecule has 0 amide bonds. The fraction of sp³-hybridized carbons (Fsp3) is 0.375. The molecule has 0 fully saturated rings. The van der Waals surface area contributed by atoms with E-state index in [9.17, 15) is 14.7 Å². The van der Waals surface area contributed by atoms with Crippen molar-refractivity contribution in [3.05, 3.63) is 20.7 Å². The summed E-state index contributed by atoms with van der Waals surface area (Å²) in [5, 5.41) is 11.5. The van der Waals surface area contributed by atoms with E-state index in [4.69, 9.17) is 12.2 Å². The molecule has 0 aliphatic heterocycles. The SMILES string of the molecule is CC(=O)c1c([O-])n(C)c(=S)n(C)c1=O. The number of rotatable bonds is 1. The maximum Gasteiger partial charge on any atom is 0.264 e. The molecule has 1 rings (SSSR count). The molecule has 0 spiro atoms. The zero-order valence-electron chi connectivity index (χ0n) is 8.03. The van der Waals surface area contributed by atoms with Gasteiger partial charge in [0.05, 0.1) is 5.56 Å². The first-order valence-corrected chi connectivity index (χ1v) is 4.26. The van der Waals surface area contributed by atoms with Gasteiger partial charge in [0.1, 0.15) is 0 Å². The Kier molecular flexibility index (Phi) is 2.57. The van der Waals surface area contributed by atoms with E-state index < -0.39 is 17.2 Å². The summed E-state index contributed by atoms with van der Waals surface area (Å²) in [5.74, 6) is -1.17. The third kappa shape index (κ3) is 1.37. The Balaban J connectivity index is 3.88. The van der Waals surface area contributed by atoms with Crippen molar-refractivity contribution in [3.63, 3.8) is 0 Å². The fourth-order valence-corrected chi connectivity index (χ4v) is 1.29. The van der Waals surface area contributed by atoms with Crippen LogP contribution in [0.3, 0.4) is 0 Å². The number of carbonyl (C=O) groups is 1. The van der Waals surface area contributed by atoms with Crippen LogP contribution in [-0.4, -0.2) is 14.9 Å². The first-order valence-electron chi connectivity index (χ1n) is 3.86. The van der Waals surface area contributed by atoms with Crippen molar-refractivity contribution in [1.82, 2.24) is 9.13 Å². The molecule has 1 aromatic heterocycles. The summed E-state index contributed by atoms with van der Waals surface area (Å²) in [6.07, 6.45) is 0. The van der Waals surface area contributed by atoms with Gasteiger partial charge in [-0.05, 0) is 25.0 Å². The van der Waals surface area contributed by atoms with E-state index in [-0.39, 0.29) is 10.3 Å². The lowest BCUT2D eigenvalue weighted by Crippen LogP contribution is -2.30. The molecule has 0 N–H and O–H groups in total. The molecule has 1 heterocycles. The van der Waals surface area contributed by atoms with Crippen molar-refractivity contribution in [2.75, 3.05) is 0 Å². The van der Waals surface area contributed by atoms with Crippen LogP contribution >= 0.6 is 12.2 Å². The van der Waals surface area contributed by atoms with Crippen LogP contribution in [-0.2, 0) is 14.1 Å². The Morgan fingerprint density at radius 2 is 1.86 bits per heavy atom. The average molecular weight is 213 g/mol. The quantitative estimate of drug-likeness (QED) is 0.475. The third-order valence-electron chi connectivity index (χ3n) is 1.96. The number of Topliss-reactive ketones (excluding diaryl/α,β-unsaturated/α-hetero) is 1. The van der Waals surface area contributed by atoms with Gasteiger partial charge in [-0.25, -0.2) is 0 Å². The first-order chi connectivity index (χ1) is 6.37. The predicted octanol–water partition coefficient (Wildman–Crippen LogP) is -0.271. The normalized spacial score (nSPS) is 10.2. The molecule has 5 nitrogen and oxygen atoms in total. The molecule has 0 aliphatic rings. The maximum absolute atomic E-state index is 11.5. The van der Waals surface area contributed by atoms with Gasteiger partial charge < -0.3 is 9.67 Å². The van der Waals surface area contributed by atoms with Gasteiger partial charge in [0.2, 0.25) is 0 Å². The number of hydrogen-bond donors (Lipinski definition) is 0. The first kappa shape index (κ1) is 10.6. The molecular formula is C8H9N2O3S-. The summed E-state index contributed by atoms with van der Waals surface area (Å²) in [6, 6.07) is 0. The van der Waals surface area contributed by atoms with Crippen LogP contribution in [0.4, 0.5) is 0 Å². The molecule has 0 saturated carbocycles. The van der Waals surface area contributed by atoms with Gasteiger partial charge in [0.15, 0.2) is 10.6 Å². The molecular weight excluding hydrogens is 204 g/mol. The van der Waals surface area contributed by atoms with Gasteiger partial charge >= 0.3 is 0 Å². The second-order valence-electron chi connectivity index (χ2n) is 2.94. The van der Waals surface area contributed by atoms with Crippen LogP contribution in [0.25, 0.3) is 0 Å². The van der Waals surface area contributed by atoms with E-state index in [0.29, 0.717) is 0 Å². The van der Waals surface area contributed by atoms with Crippen molar-refractivity contribution < 1.29 is 9.90 Å². The standard InChI is InChI=1S/C8H10N2O3S/c1-4(11)5-6(12)9(2)8(14)10(3)7(5)13/h12H,1-3H3/p-1. The molecule has 1 aromatic rings. The fourth-order valence-electron chi connectivity index (χ4n) is 1.13. The summed E-state index contributed by atoms with van der Waals surface area (Å²) in [6.45, 7) is 1.18. The van der Waals surface area contributed by atoms with E-state index in [1.807, 2.05) is 0 Å². The van der Waals surface area contributed by atoms with E-state index in [1.54, 1.807) is 0 Å². The molecule has 14 heavy (non-hydrogen) atoms. The van der Waals surface area contributed by atoms with Gasteiger partial charge in [-0.15, -0.1) is 0 Å². The minimum absolute atomic E-state index is 0.102. The highest BCUT2D eigenvalue weighted by Gasteiger charge is 2.11. The lowest BCUT2D eigenvalue weighted by molar-refractivity contribution is -0.279. The highest BCUT2D eigenvalue weighted by Crippen LogP contribution is 2.08. The average Bonchev–Trinajstić information content (AvgIpc) is 2.11. The van der Waals surface area contributed by atoms with Crippen LogP contribution in [0.2, 0.25) is 0 Å². The van der Waals surface area contributed by atoms with Crippen LogP contribution in [0.15, 0.2) is 4.79 Å². The highest BCUT2D eigenvalue weighted by atomic mass is 32.1. The topological polar surface area (TPSA) is 67.1 Å². The zero-order valence-corrected chi connectivity index (χ0v) is 8.84. The summed E-state index contributed by atoms with van der Waals surface area (Å²) in [4.78, 5) is 22.5. The van der Waals surface area contributed by atoms with E-state index in [0.717, 1.165) is 9.13 Å². The van der Waals surface area contributed by atoms with Gasteiger partial charge in [-0.2, -0.15) is 0 Å². The Hall–Kier alpha value is -1.43. The van der Waals surface area contributed by atoms with Crippen LogP contribution in [0.5, 0.6) is 5.88 Å². The van der Waals surface area contributed by atoms with Crippen LogP contribution in [0.1, 0.15) is 17.3 Å². The number of aromatic nitrogens is 2. The molecule has 0 atom stereocenters. The minimum atomic E-state index is -0.634. The van der Waals surface area contributed by atoms with E-state index in [2.05, 4.69) is 0 Å². The van der Waals surface area contributed by atoms with Gasteiger partial charge in [-0.3, -0.25) is 14.2 Å². The number of hydrogen-bond acceptors (Lipinski definition) is 4. The predicted molar refractivity (Wildman–Crippen MR) is 50.9 cm³/mol. The molecule has 0 unspecified atom stereocenters. The highest BCUT2D eigenvalue weighted by molar-refractivity contribution is 7.71. The Labute approximate surface area is 85.2 Å². The van der Waals surface area contributed by atoms with E-state index in [1.165, 1.54) is 21.0 Å². The van der Waals surface area contributed by atoms with Crippen LogP contribution in [0, 0.1) is 4.77 Å². The van der Waals surface area contributed by atoms with Crippen molar-refractivity contribution in [2.24, 2.45) is 14.1 Å². The Morgan fingerprint density at radius 3 is 2.29 bits per heavy atom. The largest absolute Gasteiger partial charge is 0.859 e. The Bertz CT molecular complexity index is 513. The second kappa shape index (κ2) is 3.38. The molecule has 76 valence electrons. The number of carbonyl (C=O) groups excluding carboxylic acids is 1. The molecule has 0 bridgehead atoms. The minimum Gasteiger partial charge on any atom is -0.859 e. The number of ketones is 1. The number of nitrogens with zero attached hydrogens (tertiary/aromatic N) is 2. The molecule has 0 aromatic carbocycles. The summed E-state index contributed by atoms with van der Waals surface area (Å²) in [7, 11) is 2.85. The van der Waals surface area contributed by atoms with Crippen molar-refractivity contribution in [1.29, 1.82) is 0 Å². The Morgan fingerprint density at radius 1 is 1.36 bits per heavy atom. The molecule has 0 radical (unpaired) electrons. The molecule has 0 aliphatic carbocycles. The van der Waals surface area contributed by atoms with Crippen molar-refractivity contribution in [2.45, 2.75) is 6.92 Å². The summed E-state index contributed by atoms with van der Waals surface area (Å²) in [5.41, 5.74) is -0.978. The smallest absolute Gasteiger partial charge is 0.264 e. The monoisotopic (exact) mass is 213 g/mol. The zero-order chi connectivity index (χ0) is 11.0. The lowest BCUT2D eigenvalue weighted by Gasteiger charge is -2.17. The van der Waals surface area contributed by atoms with E-state index >= 15 is 0 Å². The lowest BCUT2D eigenvalue weighted by atomic mass is 10.2. The molecule has 6 heteroatoms. The maximum atomic E-state index is 11.5. The third-order valence-corrected chi connectivity index (χ3v) is 2.51. The van der Waals surface area contributed by atoms with Crippen molar-refractivity contribution in [3.8, 4) is 5.88 Å². The summed E-state index contributed by atoms with van der Waals surface area (Å²) < 4.78 is 2.31. The van der Waals surface area contributed by atoms with Gasteiger partial charge in [0.25, 0.3) is 5.56 Å². The van der Waals surface area contributed by atoms with Gasteiger partial charge in [0, 0.05) is 14.1 Å². The second-order valence-corrected chi connectivity index (χ2v) is 3.31. The summed E-state index contributed by atoms with van der Waals surface area (Å²) >= 11 is 4.83. The molecule has 0 saturated heterocycles. The van der Waals surface area contributed by atoms with Crippen LogP contribution < -0.4 is 10.7 Å².